The second-order valence-corrected chi connectivity index (χ2v) is 23.0. The number of hydrogen-bond acceptors (Lipinski definition) is 24. The van der Waals surface area contributed by atoms with Crippen LogP contribution in [0.15, 0.2) is 72.9 Å². The number of carbonyl (C=O) groups is 8. The van der Waals surface area contributed by atoms with Crippen molar-refractivity contribution in [1.82, 2.24) is 41.4 Å². The van der Waals surface area contributed by atoms with E-state index in [0.29, 0.717) is 17.2 Å². The minimum Gasteiger partial charge on any atom is -0.691 e. The van der Waals surface area contributed by atoms with Gasteiger partial charge in [-0.15, -0.1) is 15.7 Å². The summed E-state index contributed by atoms with van der Waals surface area (Å²) in [5.74, 6) is -11.2. The SMILES string of the molecule is CCCCCOc1ccc(-c2ncc(-c3ccc(C(=O)N[C@H]4CC(O)CNC(=O)C5C(O)C(C)CN5C(=O)C(C(O)CC(N)=O)NC(=O)C(C(O)C(O)c5ccc(O)c(OSOO[O-])c5)NC(=O)C5CC(O)CN5C(=O)C(C(C)O)NC4=O)cc3)s2)cc1.[Na+]. The van der Waals surface area contributed by atoms with Crippen molar-refractivity contribution in [2.75, 3.05) is 26.2 Å². The maximum absolute atomic E-state index is 14.7. The van der Waals surface area contributed by atoms with Crippen LogP contribution in [0.5, 0.6) is 17.2 Å². The smallest absolute Gasteiger partial charge is 0.691 e. The molecule has 0 aliphatic carbocycles. The molecule has 89 heavy (non-hydrogen) atoms. The van der Waals surface area contributed by atoms with Gasteiger partial charge in [-0.05, 0) is 73.0 Å². The van der Waals surface area contributed by atoms with Gasteiger partial charge in [-0.25, -0.2) is 4.98 Å². The van der Waals surface area contributed by atoms with Crippen LogP contribution in [0.2, 0.25) is 0 Å². The molecule has 0 radical (unpaired) electrons. The van der Waals surface area contributed by atoms with Crippen LogP contribution in [0.3, 0.4) is 0 Å². The van der Waals surface area contributed by atoms with Crippen molar-refractivity contribution >= 4 is 70.9 Å². The third kappa shape index (κ3) is 18.3. The quantitative estimate of drug-likeness (QED) is 0.0129. The average molecular weight is 1290 g/mol. The Morgan fingerprint density at radius 1 is 0.831 bits per heavy atom. The standard InChI is InChI=1S/C56H71N9O21S2.Na/c1-4-5-6-17-83-34-14-11-30(12-15-34)54-59-23-40(87-54)28-7-9-29(10-8-28)49(75)60-35-19-32(67)22-58-53(79)45-46(72)26(2)24-65(45)56(81)43(38(70)21-41(57)71)62-52(78)44(48(74)47(73)31-13-16-37(69)39(18-31)84-88-86-85-82)63-51(77)36-20-33(68)25-64(36)55(80)42(27(3)66)61-50(35)76;/h7-16,18,23,26-27,32-33,35-36,38,42-48,66-70,72-74,82H,4-6,17,19-22,24-25H2,1-3H3,(H2,57,71)(H,58,79)(H,60,75)(H,61,76)(H,62,78)(H,63,77);/q;+1/p-1/t26?,27?,32?,33?,35-,36?,38?,42?,43?,44?,45?,46?,47?,48?;/m0./s1. The number of phenols is 1. The van der Waals surface area contributed by atoms with Gasteiger partial charge < -0.3 is 97.1 Å². The number of primary amides is 1. The molecule has 13 unspecified atom stereocenters. The molecule has 3 aromatic carbocycles. The first-order valence-corrected chi connectivity index (χ1v) is 29.5. The monoisotopic (exact) mass is 1290 g/mol. The van der Waals surface area contributed by atoms with Crippen LogP contribution in [-0.4, -0.2) is 202 Å². The molecule has 3 aliphatic rings. The third-order valence-corrected chi connectivity index (χ3v) is 16.4. The summed E-state index contributed by atoms with van der Waals surface area (Å²) in [6.07, 6.45) is -11.4. The van der Waals surface area contributed by atoms with E-state index in [1.807, 2.05) is 24.3 Å². The summed E-state index contributed by atoms with van der Waals surface area (Å²) >= 11 is 1.30. The number of ether oxygens (including phenoxy) is 1. The maximum atomic E-state index is 14.7. The Balaban J connectivity index is 0.0000126. The number of β-amino-alcohol motifs (C(OH)–C–C–N with tert-alkyl or cyclic N) is 1. The number of amides is 8. The van der Waals surface area contributed by atoms with Crippen molar-refractivity contribution < 1.29 is 132 Å². The van der Waals surface area contributed by atoms with Crippen molar-refractivity contribution in [3.63, 3.8) is 0 Å². The molecule has 15 N–H and O–H groups in total. The van der Waals surface area contributed by atoms with Crippen LogP contribution in [0.4, 0.5) is 0 Å². The summed E-state index contributed by atoms with van der Waals surface area (Å²) in [5.41, 5.74) is 6.56. The molecular weight excluding hydrogens is 1220 g/mol. The van der Waals surface area contributed by atoms with Crippen LogP contribution >= 0.6 is 23.7 Å². The number of phenolic OH excluding ortho intramolecular Hbond substituents is 1. The molecule has 478 valence electrons. The first kappa shape index (κ1) is 71.5. The fraction of sp³-hybridized carbons (Fsp3) is 0.482. The zero-order valence-electron chi connectivity index (χ0n) is 48.7. The number of nitrogens with two attached hydrogens (primary N) is 1. The Bertz CT molecular complexity index is 3110. The number of nitrogens with zero attached hydrogens (tertiary/aromatic N) is 3. The maximum Gasteiger partial charge on any atom is 1.00 e. The van der Waals surface area contributed by atoms with E-state index in [1.165, 1.54) is 30.4 Å². The molecule has 14 atom stereocenters. The zero-order valence-corrected chi connectivity index (χ0v) is 52.3. The summed E-state index contributed by atoms with van der Waals surface area (Å²) in [4.78, 5) is 120. The van der Waals surface area contributed by atoms with E-state index >= 15 is 0 Å². The number of carbonyl (C=O) groups excluding carboxylic acids is 8. The second kappa shape index (κ2) is 32.9. The van der Waals surface area contributed by atoms with Crippen LogP contribution in [0.25, 0.3) is 21.0 Å². The topological polar surface area (TPSA) is 464 Å². The number of aliphatic hydroxyl groups is 7. The predicted molar refractivity (Wildman–Crippen MR) is 306 cm³/mol. The molecule has 0 bridgehead atoms. The molecule has 4 aromatic rings. The number of aliphatic hydroxyl groups excluding tert-OH is 7. The number of aromatic hydroxyl groups is 1. The Kier molecular flexibility index (Phi) is 26.4. The van der Waals surface area contributed by atoms with Gasteiger partial charge in [0, 0.05) is 55.7 Å². The Morgan fingerprint density at radius 2 is 1.49 bits per heavy atom. The molecule has 4 heterocycles. The minimum absolute atomic E-state index is 0. The number of nitrogens with one attached hydrogen (secondary N) is 5. The first-order chi connectivity index (χ1) is 41.9. The summed E-state index contributed by atoms with van der Waals surface area (Å²) in [7, 11) is 0. The van der Waals surface area contributed by atoms with Crippen LogP contribution in [-0.2, 0) is 42.9 Å². The van der Waals surface area contributed by atoms with Gasteiger partial charge in [0.25, 0.3) is 18.2 Å². The van der Waals surface area contributed by atoms with Crippen molar-refractivity contribution in [1.29, 1.82) is 0 Å². The first-order valence-electron chi connectivity index (χ1n) is 28.0. The number of aromatic nitrogens is 1. The van der Waals surface area contributed by atoms with E-state index in [9.17, 15) is 84.5 Å². The molecular formula is C56H70N9NaO21S2. The molecule has 8 amide bonds. The van der Waals surface area contributed by atoms with E-state index in [-0.39, 0.29) is 53.0 Å². The van der Waals surface area contributed by atoms with Crippen LogP contribution < -0.4 is 76.1 Å². The van der Waals surface area contributed by atoms with Crippen LogP contribution in [0.1, 0.15) is 81.3 Å². The van der Waals surface area contributed by atoms with Gasteiger partial charge in [-0.2, -0.15) is 0 Å². The van der Waals surface area contributed by atoms with Gasteiger partial charge in [-0.3, -0.25) is 43.4 Å². The third-order valence-electron chi connectivity index (χ3n) is 15.0. The number of benzene rings is 3. The van der Waals surface area contributed by atoms with Gasteiger partial charge in [0.15, 0.2) is 11.5 Å². The van der Waals surface area contributed by atoms with E-state index in [2.05, 4.69) is 47.9 Å². The number of fused-ring (bicyclic) bond motifs is 2. The van der Waals surface area contributed by atoms with E-state index < -0.39 is 183 Å². The van der Waals surface area contributed by atoms with Gasteiger partial charge in [0.1, 0.15) is 59.2 Å². The van der Waals surface area contributed by atoms with E-state index in [1.54, 1.807) is 18.3 Å². The summed E-state index contributed by atoms with van der Waals surface area (Å²) in [6, 6.07) is 4.32. The van der Waals surface area contributed by atoms with Gasteiger partial charge in [0.2, 0.25) is 41.4 Å². The van der Waals surface area contributed by atoms with E-state index in [4.69, 9.17) is 14.7 Å². The fourth-order valence-electron chi connectivity index (χ4n) is 10.2. The zero-order chi connectivity index (χ0) is 64.1. The molecule has 0 spiro atoms. The Labute approximate surface area is 540 Å². The minimum atomic E-state index is -2.54. The molecule has 30 nitrogen and oxygen atoms in total. The van der Waals surface area contributed by atoms with Crippen LogP contribution in [0, 0.1) is 5.92 Å². The molecule has 3 saturated heterocycles. The number of unbranched alkanes of at least 4 members (excludes halogenated alkanes) is 2. The molecule has 3 aliphatic heterocycles. The number of hydrogen-bond donors (Lipinski definition) is 14. The van der Waals surface area contributed by atoms with Gasteiger partial charge in [0.05, 0.1) is 48.4 Å². The van der Waals surface area contributed by atoms with Crippen molar-refractivity contribution in [2.45, 2.75) is 138 Å². The summed E-state index contributed by atoms with van der Waals surface area (Å²) < 4.78 is 14.9. The predicted octanol–water partition coefficient (Wildman–Crippen LogP) is -5.76. The molecule has 3 fully saturated rings. The largest absolute Gasteiger partial charge is 1.00 e. The number of thiazole rings is 1. The molecule has 1 aromatic heterocycles. The number of rotatable bonds is 20. The molecule has 7 rings (SSSR count). The van der Waals surface area contributed by atoms with Gasteiger partial charge >= 0.3 is 29.6 Å². The molecule has 0 saturated carbocycles. The Hall–Kier alpha value is -6.60. The van der Waals surface area contributed by atoms with Gasteiger partial charge in [-0.1, -0.05) is 44.9 Å². The second-order valence-electron chi connectivity index (χ2n) is 21.5. The van der Waals surface area contributed by atoms with Crippen molar-refractivity contribution in [3.05, 3.63) is 84.1 Å². The van der Waals surface area contributed by atoms with Crippen molar-refractivity contribution in [2.24, 2.45) is 11.7 Å². The van der Waals surface area contributed by atoms with Crippen molar-refractivity contribution in [3.8, 4) is 38.3 Å². The summed E-state index contributed by atoms with van der Waals surface area (Å²) in [5, 5.41) is 116. The van der Waals surface area contributed by atoms with E-state index in [0.717, 1.165) is 70.4 Å². The summed E-state index contributed by atoms with van der Waals surface area (Å²) in [6.45, 7) is 3.41. The average Bonchev–Trinajstić information content (AvgIpc) is 3.66. The Morgan fingerprint density at radius 3 is 2.16 bits per heavy atom. The normalized spacial score (nSPS) is 25.3. The molecule has 33 heteroatoms. The fourth-order valence-corrected chi connectivity index (χ4v) is 11.4.